The van der Waals surface area contributed by atoms with Gasteiger partial charge in [0.2, 0.25) is 0 Å². The molecule has 2 aromatic carbocycles. The summed E-state index contributed by atoms with van der Waals surface area (Å²) in [5.74, 6) is -7.75. The lowest BCUT2D eigenvalue weighted by molar-refractivity contribution is -0.459. The van der Waals surface area contributed by atoms with Crippen molar-refractivity contribution in [3.8, 4) is 5.75 Å². The van der Waals surface area contributed by atoms with E-state index in [9.17, 15) is 34.8 Å². The summed E-state index contributed by atoms with van der Waals surface area (Å²) in [6.45, 7) is 10.5. The molecule has 4 saturated heterocycles. The lowest BCUT2D eigenvalue weighted by atomic mass is 9.51. The van der Waals surface area contributed by atoms with E-state index in [0.717, 1.165) is 25.7 Å². The van der Waals surface area contributed by atoms with Crippen LogP contribution in [-0.4, -0.2) is 110 Å². The highest BCUT2D eigenvalue weighted by Gasteiger charge is 2.91. The van der Waals surface area contributed by atoms with Crippen molar-refractivity contribution < 1.29 is 68.0 Å². The number of fused-ring (bicyclic) bond motifs is 1. The van der Waals surface area contributed by atoms with Crippen LogP contribution in [0.2, 0.25) is 0 Å². The Morgan fingerprint density at radius 1 is 0.867 bits per heavy atom. The van der Waals surface area contributed by atoms with Crippen LogP contribution in [-0.2, 0) is 33.2 Å². The van der Waals surface area contributed by atoms with Gasteiger partial charge in [-0.15, -0.1) is 0 Å². The summed E-state index contributed by atoms with van der Waals surface area (Å²) in [5, 5.41) is 50.3. The van der Waals surface area contributed by atoms with Crippen molar-refractivity contribution in [3.63, 3.8) is 0 Å². The van der Waals surface area contributed by atoms with Gasteiger partial charge < -0.3 is 53.6 Å². The first kappa shape index (κ1) is 41.6. The number of epoxide rings is 1. The molecule has 3 saturated carbocycles. The molecule has 4 N–H and O–H groups in total. The Kier molecular flexibility index (Phi) is 10.2. The topological polar surface area (TPSA) is 200 Å². The van der Waals surface area contributed by atoms with E-state index in [4.69, 9.17) is 33.2 Å². The molecular weight excluding hydrogens is 776 g/mol. The van der Waals surface area contributed by atoms with Gasteiger partial charge in [-0.3, -0.25) is 4.79 Å². The number of benzene rings is 2. The molecule has 324 valence electrons. The summed E-state index contributed by atoms with van der Waals surface area (Å²) in [7, 11) is 0. The van der Waals surface area contributed by atoms with Crippen molar-refractivity contribution in [2.24, 2.45) is 35.5 Å². The van der Waals surface area contributed by atoms with E-state index in [1.165, 1.54) is 31.2 Å². The lowest BCUT2D eigenvalue weighted by Gasteiger charge is -2.62. The summed E-state index contributed by atoms with van der Waals surface area (Å²) >= 11 is 0. The fourth-order valence-corrected chi connectivity index (χ4v) is 12.7. The van der Waals surface area contributed by atoms with Gasteiger partial charge in [0.1, 0.15) is 53.1 Å². The molecule has 0 radical (unpaired) electrons. The number of aliphatic hydroxyl groups is 4. The highest BCUT2D eigenvalue weighted by molar-refractivity contribution is 5.90. The number of aliphatic hydroxyl groups excluding tert-OH is 3. The van der Waals surface area contributed by atoms with Crippen LogP contribution in [0.15, 0.2) is 66.7 Å². The molecule has 3 aliphatic carbocycles. The third-order valence-corrected chi connectivity index (χ3v) is 15.3. The van der Waals surface area contributed by atoms with Crippen LogP contribution >= 0.6 is 0 Å². The van der Waals surface area contributed by atoms with E-state index in [1.54, 1.807) is 30.3 Å². The Hall–Kier alpha value is -3.73. The molecule has 1 unspecified atom stereocenters. The molecule has 4 aliphatic heterocycles. The first-order valence-electron chi connectivity index (χ1n) is 21.4. The Balaban J connectivity index is 1.24. The van der Waals surface area contributed by atoms with Gasteiger partial charge in [-0.25, -0.2) is 9.59 Å². The molecule has 9 rings (SSSR count). The van der Waals surface area contributed by atoms with Gasteiger partial charge in [-0.05, 0) is 79.5 Å². The Bertz CT molecular complexity index is 2030. The molecule has 0 aromatic heterocycles. The van der Waals surface area contributed by atoms with Crippen LogP contribution in [0.4, 0.5) is 0 Å². The van der Waals surface area contributed by atoms with Crippen molar-refractivity contribution in [1.82, 2.24) is 0 Å². The maximum absolute atomic E-state index is 14.2. The first-order chi connectivity index (χ1) is 28.6. The largest absolute Gasteiger partial charge is 0.462 e. The molecule has 16 atom stereocenters. The Labute approximate surface area is 349 Å². The average molecular weight is 833 g/mol. The summed E-state index contributed by atoms with van der Waals surface area (Å²) in [6.07, 6.45) is -2.03. The minimum Gasteiger partial charge on any atom is -0.462 e. The summed E-state index contributed by atoms with van der Waals surface area (Å²) < 4.78 is 45.6. The van der Waals surface area contributed by atoms with Gasteiger partial charge in [0.25, 0.3) is 0 Å². The Morgan fingerprint density at radius 2 is 1.55 bits per heavy atom. The van der Waals surface area contributed by atoms with E-state index in [-0.39, 0.29) is 36.7 Å². The molecule has 60 heavy (non-hydrogen) atoms. The number of esters is 3. The predicted molar refractivity (Wildman–Crippen MR) is 210 cm³/mol. The Morgan fingerprint density at radius 3 is 2.22 bits per heavy atom. The number of rotatable bonds is 8. The summed E-state index contributed by atoms with van der Waals surface area (Å²) in [4.78, 5) is 39.6. The second-order valence-electron chi connectivity index (χ2n) is 18.5. The number of carbonyl (C=O) groups is 3. The van der Waals surface area contributed by atoms with Crippen molar-refractivity contribution in [2.45, 2.75) is 132 Å². The van der Waals surface area contributed by atoms with Crippen molar-refractivity contribution >= 4 is 17.9 Å². The summed E-state index contributed by atoms with van der Waals surface area (Å²) in [6, 6.07) is 14.4. The van der Waals surface area contributed by atoms with Gasteiger partial charge >= 0.3 is 23.9 Å². The van der Waals surface area contributed by atoms with Crippen LogP contribution in [0.25, 0.3) is 0 Å². The number of hydrogen-bond acceptors (Lipinski definition) is 14. The highest BCUT2D eigenvalue weighted by atomic mass is 16.9. The fourth-order valence-electron chi connectivity index (χ4n) is 12.7. The van der Waals surface area contributed by atoms with Crippen LogP contribution in [0.3, 0.4) is 0 Å². The smallest absolute Gasteiger partial charge is 0.338 e. The maximum Gasteiger partial charge on any atom is 0.338 e. The fraction of sp³-hybridized carbons (Fsp3) is 0.630. The number of carbonyl (C=O) groups excluding carboxylic acids is 3. The molecule has 4 heterocycles. The molecule has 7 fully saturated rings. The normalized spacial score (nSPS) is 44.8. The van der Waals surface area contributed by atoms with Gasteiger partial charge in [0, 0.05) is 24.7 Å². The molecular formula is C46H56O14. The van der Waals surface area contributed by atoms with Crippen LogP contribution in [0, 0.1) is 35.5 Å². The third kappa shape index (κ3) is 5.85. The second kappa shape index (κ2) is 14.7. The molecule has 0 amide bonds. The predicted octanol–water partition coefficient (Wildman–Crippen LogP) is 4.25. The minimum atomic E-state index is -2.36. The first-order valence-corrected chi connectivity index (χ1v) is 21.4. The molecule has 3 bridgehead atoms. The van der Waals surface area contributed by atoms with E-state index < -0.39 is 113 Å². The second-order valence-corrected chi connectivity index (χ2v) is 18.5. The standard InChI is InChI=1S/C46H56O14/c1-24(2)42-21-30(22-54-39(50)28-14-10-8-11-15-28)45-34-37(42)58-46(59-42,60-45)32(49)16-12-7-6-9-13-25(3)33-26(4)36(44(53,35(33)45)41(52)43(23-47)38(34)57-43)56-40(51)29-17-19-31(20-18-29)55-27(5)48/h8,10-11,14-15,17-20,25-26,30,32-38,41,47,49,52-53H,1,6-7,9,12-13,16,21-23H2,2-5H3/t25-,26+,30+,32-,33+,34-,35-,36+,37-,38+,41-,42+,43+,44-,45-,46?/m1/s1. The molecule has 2 spiro atoms. The molecule has 7 aliphatic rings. The van der Waals surface area contributed by atoms with Gasteiger partial charge in [0.15, 0.2) is 0 Å². The summed E-state index contributed by atoms with van der Waals surface area (Å²) in [5.41, 5.74) is -6.03. The molecule has 14 heteroatoms. The molecule has 14 nitrogen and oxygen atoms in total. The van der Waals surface area contributed by atoms with E-state index in [0.29, 0.717) is 17.6 Å². The number of hydrogen-bond donors (Lipinski definition) is 4. The maximum atomic E-state index is 14.2. The third-order valence-electron chi connectivity index (χ3n) is 15.3. The van der Waals surface area contributed by atoms with Crippen molar-refractivity contribution in [1.29, 1.82) is 0 Å². The number of ether oxygens (including phenoxy) is 7. The lowest BCUT2D eigenvalue weighted by Crippen LogP contribution is -2.75. The quantitative estimate of drug-likeness (QED) is 0.127. The monoisotopic (exact) mass is 832 g/mol. The zero-order valence-corrected chi connectivity index (χ0v) is 34.5. The van der Waals surface area contributed by atoms with Crippen molar-refractivity contribution in [3.05, 3.63) is 77.9 Å². The van der Waals surface area contributed by atoms with Crippen LogP contribution in [0.5, 0.6) is 5.75 Å². The van der Waals surface area contributed by atoms with Gasteiger partial charge in [0.05, 0.1) is 29.9 Å². The molecule has 2 aromatic rings. The van der Waals surface area contributed by atoms with E-state index in [2.05, 4.69) is 13.5 Å². The van der Waals surface area contributed by atoms with Crippen molar-refractivity contribution in [2.75, 3.05) is 13.2 Å². The van der Waals surface area contributed by atoms with E-state index >= 15 is 0 Å². The minimum absolute atomic E-state index is 0.110. The van der Waals surface area contributed by atoms with Gasteiger partial charge in [-0.2, -0.15) is 0 Å². The zero-order valence-electron chi connectivity index (χ0n) is 34.5. The zero-order chi connectivity index (χ0) is 42.6. The highest BCUT2D eigenvalue weighted by Crippen LogP contribution is 2.75. The average Bonchev–Trinajstić information content (AvgIpc) is 3.86. The SMILES string of the molecule is C=C(C)[C@@]12C[C@@H](COC(=O)c3ccccc3)[C@@]34OC5(O[C@@H]1[C@@H]3[C@@H]1O[C@]1(CO)[C@@H](O)[C@@]1(O)[C@H]4[C@H]([C@H](C)[C@@H]1OC(=O)c1ccc(OC(C)=O)cc1)[C@H](C)CCCCCC[C@H]5O)O2. The van der Waals surface area contributed by atoms with Gasteiger partial charge in [-0.1, -0.05) is 70.7 Å². The van der Waals surface area contributed by atoms with E-state index in [1.807, 2.05) is 13.8 Å². The van der Waals surface area contributed by atoms with Crippen LogP contribution in [0.1, 0.15) is 93.4 Å². The van der Waals surface area contributed by atoms with Crippen LogP contribution < -0.4 is 4.74 Å².